The second-order valence-electron chi connectivity index (χ2n) is 6.47. The molecule has 3 rings (SSSR count). The van der Waals surface area contributed by atoms with Crippen LogP contribution in [0.2, 0.25) is 5.02 Å². The van der Waals surface area contributed by atoms with E-state index in [0.717, 1.165) is 5.56 Å². The van der Waals surface area contributed by atoms with Gasteiger partial charge in [0.2, 0.25) is 5.91 Å². The van der Waals surface area contributed by atoms with Crippen LogP contribution in [-0.2, 0) is 11.2 Å². The summed E-state index contributed by atoms with van der Waals surface area (Å²) in [6.45, 7) is 3.66. The average Bonchev–Trinajstić information content (AvgIpc) is 3.05. The summed E-state index contributed by atoms with van der Waals surface area (Å²) in [6.07, 6.45) is 4.30. The normalized spacial score (nSPS) is 12.0. The fourth-order valence-electron chi connectivity index (χ4n) is 2.97. The molecule has 0 saturated heterocycles. The van der Waals surface area contributed by atoms with Crippen LogP contribution in [0.5, 0.6) is 0 Å². The largest absolute Gasteiger partial charge is 0.350 e. The number of nitrogens with one attached hydrogen (secondary N) is 1. The first-order valence-corrected chi connectivity index (χ1v) is 9.15. The Bertz CT molecular complexity index is 954. The number of carbonyl (C=O) groups excluding carboxylic acids is 1. The molecule has 3 aromatic rings. The fourth-order valence-corrected chi connectivity index (χ4v) is 3.18. The SMILES string of the molecule is Cc1nccn1-c1ccc([C@H](C)NC(=O)CCc2cccc(Cl)c2)cc1F. The highest BCUT2D eigenvalue weighted by Crippen LogP contribution is 2.21. The van der Waals surface area contributed by atoms with Gasteiger partial charge in [-0.15, -0.1) is 0 Å². The number of amides is 1. The van der Waals surface area contributed by atoms with Crippen LogP contribution in [0.3, 0.4) is 0 Å². The third-order valence-corrected chi connectivity index (χ3v) is 4.70. The third-order valence-electron chi connectivity index (χ3n) is 4.46. The van der Waals surface area contributed by atoms with Crippen LogP contribution in [0.15, 0.2) is 54.9 Å². The minimum absolute atomic E-state index is 0.0857. The third kappa shape index (κ3) is 4.74. The van der Waals surface area contributed by atoms with Crippen LogP contribution in [-0.4, -0.2) is 15.5 Å². The topological polar surface area (TPSA) is 46.9 Å². The van der Waals surface area contributed by atoms with Crippen LogP contribution >= 0.6 is 11.6 Å². The molecule has 0 fully saturated rings. The van der Waals surface area contributed by atoms with E-state index in [-0.39, 0.29) is 17.8 Å². The summed E-state index contributed by atoms with van der Waals surface area (Å²) in [5, 5.41) is 3.57. The van der Waals surface area contributed by atoms with E-state index in [1.807, 2.05) is 38.1 Å². The van der Waals surface area contributed by atoms with Gasteiger partial charge >= 0.3 is 0 Å². The van der Waals surface area contributed by atoms with E-state index in [0.29, 0.717) is 34.9 Å². The number of hydrogen-bond donors (Lipinski definition) is 1. The molecular formula is C21H21ClFN3O. The molecule has 0 spiro atoms. The average molecular weight is 386 g/mol. The zero-order valence-electron chi connectivity index (χ0n) is 15.2. The second kappa shape index (κ2) is 8.35. The number of aromatic nitrogens is 2. The first-order chi connectivity index (χ1) is 12.9. The molecule has 0 radical (unpaired) electrons. The maximum Gasteiger partial charge on any atom is 0.220 e. The van der Waals surface area contributed by atoms with Crippen LogP contribution < -0.4 is 5.32 Å². The van der Waals surface area contributed by atoms with Gasteiger partial charge in [-0.2, -0.15) is 0 Å². The number of nitrogens with zero attached hydrogens (tertiary/aromatic N) is 2. The number of imidazole rings is 1. The number of benzene rings is 2. The minimum Gasteiger partial charge on any atom is -0.350 e. The predicted molar refractivity (Wildman–Crippen MR) is 105 cm³/mol. The Hall–Kier alpha value is -2.66. The van der Waals surface area contributed by atoms with Crippen LogP contribution in [0.25, 0.3) is 5.69 Å². The van der Waals surface area contributed by atoms with Gasteiger partial charge in [0.05, 0.1) is 11.7 Å². The Labute approximate surface area is 163 Å². The van der Waals surface area contributed by atoms with Gasteiger partial charge < -0.3 is 9.88 Å². The van der Waals surface area contributed by atoms with E-state index >= 15 is 0 Å². The lowest BCUT2D eigenvalue weighted by Gasteiger charge is -2.16. The van der Waals surface area contributed by atoms with E-state index < -0.39 is 0 Å². The molecule has 1 heterocycles. The lowest BCUT2D eigenvalue weighted by Crippen LogP contribution is -2.27. The molecule has 1 amide bonds. The molecular weight excluding hydrogens is 365 g/mol. The quantitative estimate of drug-likeness (QED) is 0.663. The number of aryl methyl sites for hydroxylation is 2. The van der Waals surface area contributed by atoms with Crippen molar-refractivity contribution in [3.05, 3.63) is 82.6 Å². The molecule has 2 aromatic carbocycles. The number of halogens is 2. The molecule has 0 aliphatic rings. The molecule has 0 aliphatic carbocycles. The van der Waals surface area contributed by atoms with Crippen LogP contribution in [0.1, 0.15) is 36.3 Å². The van der Waals surface area contributed by atoms with Gasteiger partial charge in [-0.1, -0.05) is 29.8 Å². The summed E-state index contributed by atoms with van der Waals surface area (Å²) < 4.78 is 16.2. The highest BCUT2D eigenvalue weighted by molar-refractivity contribution is 6.30. The van der Waals surface area contributed by atoms with Gasteiger partial charge in [0.25, 0.3) is 0 Å². The van der Waals surface area contributed by atoms with E-state index in [2.05, 4.69) is 10.3 Å². The highest BCUT2D eigenvalue weighted by atomic mass is 35.5. The minimum atomic E-state index is -0.353. The Morgan fingerprint density at radius 3 is 2.78 bits per heavy atom. The summed E-state index contributed by atoms with van der Waals surface area (Å²) in [5.41, 5.74) is 2.16. The lowest BCUT2D eigenvalue weighted by molar-refractivity contribution is -0.121. The smallest absolute Gasteiger partial charge is 0.220 e. The van der Waals surface area contributed by atoms with E-state index in [4.69, 9.17) is 11.6 Å². The molecule has 1 aromatic heterocycles. The van der Waals surface area contributed by atoms with Gasteiger partial charge in [-0.25, -0.2) is 9.37 Å². The molecule has 0 aliphatic heterocycles. The van der Waals surface area contributed by atoms with Gasteiger partial charge in [0.15, 0.2) is 0 Å². The number of hydrogen-bond acceptors (Lipinski definition) is 2. The van der Waals surface area contributed by atoms with Gasteiger partial charge in [-0.05, 0) is 55.7 Å². The van der Waals surface area contributed by atoms with Crippen molar-refractivity contribution in [1.82, 2.24) is 14.9 Å². The molecule has 0 bridgehead atoms. The first-order valence-electron chi connectivity index (χ1n) is 8.77. The Morgan fingerprint density at radius 1 is 1.30 bits per heavy atom. The maximum atomic E-state index is 14.5. The lowest BCUT2D eigenvalue weighted by atomic mass is 10.1. The highest BCUT2D eigenvalue weighted by Gasteiger charge is 2.13. The molecule has 1 N–H and O–H groups in total. The predicted octanol–water partition coefficient (Wildman–Crippen LogP) is 4.78. The maximum absolute atomic E-state index is 14.5. The number of carbonyl (C=O) groups is 1. The van der Waals surface area contributed by atoms with Gasteiger partial charge in [-0.3, -0.25) is 4.79 Å². The summed E-state index contributed by atoms with van der Waals surface area (Å²) in [4.78, 5) is 16.3. The zero-order valence-corrected chi connectivity index (χ0v) is 16.0. The Kier molecular flexibility index (Phi) is 5.91. The van der Waals surface area contributed by atoms with Gasteiger partial charge in [0, 0.05) is 23.8 Å². The standard InChI is InChI=1S/C21H21ClFN3O/c1-14(25-21(27)9-6-16-4-3-5-18(22)12-16)17-7-8-20(19(23)13-17)26-11-10-24-15(26)2/h3-5,7-8,10-14H,6,9H2,1-2H3,(H,25,27)/t14-/m0/s1. The van der Waals surface area contributed by atoms with E-state index in [9.17, 15) is 9.18 Å². The summed E-state index contributed by atoms with van der Waals surface area (Å²) in [5.74, 6) is 0.273. The van der Waals surface area contributed by atoms with Crippen molar-refractivity contribution in [2.75, 3.05) is 0 Å². The van der Waals surface area contributed by atoms with Crippen molar-refractivity contribution in [3.8, 4) is 5.69 Å². The van der Waals surface area contributed by atoms with Crippen molar-refractivity contribution < 1.29 is 9.18 Å². The van der Waals surface area contributed by atoms with Crippen molar-refractivity contribution in [1.29, 1.82) is 0 Å². The molecule has 0 unspecified atom stereocenters. The van der Waals surface area contributed by atoms with Crippen molar-refractivity contribution in [3.63, 3.8) is 0 Å². The van der Waals surface area contributed by atoms with Crippen molar-refractivity contribution >= 4 is 17.5 Å². The Morgan fingerprint density at radius 2 is 2.11 bits per heavy atom. The van der Waals surface area contributed by atoms with Crippen molar-refractivity contribution in [2.45, 2.75) is 32.7 Å². The molecule has 1 atom stereocenters. The molecule has 27 heavy (non-hydrogen) atoms. The van der Waals surface area contributed by atoms with Crippen molar-refractivity contribution in [2.24, 2.45) is 0 Å². The van der Waals surface area contributed by atoms with Crippen LogP contribution in [0, 0.1) is 12.7 Å². The van der Waals surface area contributed by atoms with Crippen LogP contribution in [0.4, 0.5) is 4.39 Å². The van der Waals surface area contributed by atoms with E-state index in [1.54, 1.807) is 29.1 Å². The zero-order chi connectivity index (χ0) is 19.4. The Balaban J connectivity index is 1.62. The first kappa shape index (κ1) is 19.1. The summed E-state index contributed by atoms with van der Waals surface area (Å²) in [7, 11) is 0. The van der Waals surface area contributed by atoms with Gasteiger partial charge in [0.1, 0.15) is 11.6 Å². The second-order valence-corrected chi connectivity index (χ2v) is 6.91. The molecule has 0 saturated carbocycles. The molecule has 140 valence electrons. The van der Waals surface area contributed by atoms with E-state index in [1.165, 1.54) is 6.07 Å². The molecule has 6 heteroatoms. The summed E-state index contributed by atoms with van der Waals surface area (Å²) in [6, 6.07) is 12.1. The summed E-state index contributed by atoms with van der Waals surface area (Å²) >= 11 is 5.96. The fraction of sp³-hybridized carbons (Fsp3) is 0.238. The monoisotopic (exact) mass is 385 g/mol. The molecule has 4 nitrogen and oxygen atoms in total. The number of rotatable bonds is 6.